The zero-order valence-electron chi connectivity index (χ0n) is 10.3. The molecule has 2 rings (SSSR count). The van der Waals surface area contributed by atoms with Crippen molar-refractivity contribution in [2.24, 2.45) is 0 Å². The number of halogens is 1. The Hall–Kier alpha value is -0.390. The van der Waals surface area contributed by atoms with E-state index in [4.69, 9.17) is 0 Å². The summed E-state index contributed by atoms with van der Waals surface area (Å²) in [5, 5.41) is 5.43. The molecule has 0 radical (unpaired) electrons. The van der Waals surface area contributed by atoms with Gasteiger partial charge in [0.05, 0.1) is 0 Å². The second-order valence-electron chi connectivity index (χ2n) is 5.10. The van der Waals surface area contributed by atoms with Gasteiger partial charge in [0.2, 0.25) is 0 Å². The normalized spacial score (nSPS) is 19.4. The van der Waals surface area contributed by atoms with Crippen LogP contribution >= 0.6 is 27.3 Å². The fraction of sp³-hybridized carbons (Fsp3) is 0.583. The molecule has 1 aromatic heterocycles. The molecule has 0 aliphatic carbocycles. The molecule has 1 N–H and O–H groups in total. The number of piperazine rings is 1. The lowest BCUT2D eigenvalue weighted by atomic mass is 10.0. The summed E-state index contributed by atoms with van der Waals surface area (Å²) < 4.78 is 0.948. The summed E-state index contributed by atoms with van der Waals surface area (Å²) in [6.07, 6.45) is 0. The summed E-state index contributed by atoms with van der Waals surface area (Å²) in [5.41, 5.74) is 1.14. The first-order chi connectivity index (χ1) is 7.91. The summed E-state index contributed by atoms with van der Waals surface area (Å²) in [6.45, 7) is 8.67. The van der Waals surface area contributed by atoms with Gasteiger partial charge in [-0.3, -0.25) is 4.79 Å². The highest BCUT2D eigenvalue weighted by atomic mass is 79.9. The summed E-state index contributed by atoms with van der Waals surface area (Å²) in [7, 11) is 0. The van der Waals surface area contributed by atoms with Gasteiger partial charge in [-0.1, -0.05) is 0 Å². The molecule has 1 fully saturated rings. The number of nitrogens with zero attached hydrogens (tertiary/aromatic N) is 1. The van der Waals surface area contributed by atoms with E-state index < -0.39 is 0 Å². The minimum Gasteiger partial charge on any atom is -0.335 e. The van der Waals surface area contributed by atoms with E-state index in [-0.39, 0.29) is 11.4 Å². The van der Waals surface area contributed by atoms with Crippen molar-refractivity contribution >= 4 is 33.2 Å². The molecule has 2 heterocycles. The first-order valence-electron chi connectivity index (χ1n) is 5.68. The molecule has 17 heavy (non-hydrogen) atoms. The third-order valence-electron chi connectivity index (χ3n) is 2.95. The molecule has 1 amide bonds. The van der Waals surface area contributed by atoms with Crippen LogP contribution in [-0.4, -0.2) is 36.0 Å². The number of hydrogen-bond donors (Lipinski definition) is 1. The number of rotatable bonds is 1. The summed E-state index contributed by atoms with van der Waals surface area (Å²) in [6, 6.07) is 0. The van der Waals surface area contributed by atoms with Gasteiger partial charge in [0.25, 0.3) is 5.91 Å². The van der Waals surface area contributed by atoms with E-state index in [9.17, 15) is 4.79 Å². The molecular weight excluding hydrogens is 300 g/mol. The highest BCUT2D eigenvalue weighted by Gasteiger charge is 2.30. The standard InChI is InChI=1S/C12H17BrN2OS/c1-8-6-17-10(9(8)13)11(16)15-5-4-14-12(2,3)7-15/h6,14H,4-5,7H2,1-3H3. The van der Waals surface area contributed by atoms with Crippen LogP contribution in [0.5, 0.6) is 0 Å². The fourth-order valence-corrected chi connectivity index (χ4v) is 3.66. The van der Waals surface area contributed by atoms with Crippen LogP contribution in [0.2, 0.25) is 0 Å². The molecule has 1 aliphatic rings. The first-order valence-corrected chi connectivity index (χ1v) is 7.36. The zero-order chi connectivity index (χ0) is 12.6. The molecule has 0 aromatic carbocycles. The molecule has 1 aromatic rings. The number of aryl methyl sites for hydroxylation is 1. The van der Waals surface area contributed by atoms with Gasteiger partial charge in [0.15, 0.2) is 0 Å². The highest BCUT2D eigenvalue weighted by molar-refractivity contribution is 9.10. The van der Waals surface area contributed by atoms with E-state index in [0.29, 0.717) is 0 Å². The number of nitrogens with one attached hydrogen (secondary N) is 1. The van der Waals surface area contributed by atoms with Crippen LogP contribution < -0.4 is 5.32 Å². The molecule has 0 atom stereocenters. The van der Waals surface area contributed by atoms with Gasteiger partial charge < -0.3 is 10.2 Å². The smallest absolute Gasteiger partial charge is 0.265 e. The average Bonchev–Trinajstić information content (AvgIpc) is 2.57. The Bertz CT molecular complexity index is 442. The topological polar surface area (TPSA) is 32.3 Å². The second-order valence-corrected chi connectivity index (χ2v) is 6.77. The lowest BCUT2D eigenvalue weighted by Gasteiger charge is -2.39. The molecule has 3 nitrogen and oxygen atoms in total. The van der Waals surface area contributed by atoms with Gasteiger partial charge in [-0.2, -0.15) is 0 Å². The Labute approximate surface area is 114 Å². The molecule has 0 bridgehead atoms. The summed E-state index contributed by atoms with van der Waals surface area (Å²) in [5.74, 6) is 0.143. The highest BCUT2D eigenvalue weighted by Crippen LogP contribution is 2.29. The summed E-state index contributed by atoms with van der Waals surface area (Å²) >= 11 is 5.01. The van der Waals surface area contributed by atoms with Crippen LogP contribution in [0.1, 0.15) is 29.1 Å². The average molecular weight is 317 g/mol. The van der Waals surface area contributed by atoms with Crippen LogP contribution in [0.25, 0.3) is 0 Å². The van der Waals surface area contributed by atoms with E-state index in [2.05, 4.69) is 35.1 Å². The Morgan fingerprint density at radius 3 is 2.82 bits per heavy atom. The maximum absolute atomic E-state index is 12.4. The van der Waals surface area contributed by atoms with Gasteiger partial charge in [-0.05, 0) is 47.6 Å². The van der Waals surface area contributed by atoms with Crippen molar-refractivity contribution in [3.05, 3.63) is 20.3 Å². The van der Waals surface area contributed by atoms with Crippen LogP contribution in [0.4, 0.5) is 0 Å². The maximum atomic E-state index is 12.4. The van der Waals surface area contributed by atoms with Crippen molar-refractivity contribution in [1.29, 1.82) is 0 Å². The lowest BCUT2D eigenvalue weighted by Crippen LogP contribution is -2.58. The first kappa shape index (κ1) is 13.1. The zero-order valence-corrected chi connectivity index (χ0v) is 12.7. The van der Waals surface area contributed by atoms with Gasteiger partial charge in [-0.25, -0.2) is 0 Å². The van der Waals surface area contributed by atoms with E-state index in [0.717, 1.165) is 34.5 Å². The van der Waals surface area contributed by atoms with Gasteiger partial charge in [0.1, 0.15) is 4.88 Å². The van der Waals surface area contributed by atoms with Gasteiger partial charge in [0, 0.05) is 29.6 Å². The van der Waals surface area contributed by atoms with Crippen LogP contribution in [-0.2, 0) is 0 Å². The Kier molecular flexibility index (Phi) is 3.61. The number of amides is 1. The Morgan fingerprint density at radius 1 is 1.59 bits per heavy atom. The van der Waals surface area contributed by atoms with Gasteiger partial charge in [-0.15, -0.1) is 11.3 Å². The SMILES string of the molecule is Cc1csc(C(=O)N2CCNC(C)(C)C2)c1Br. The Balaban J connectivity index is 2.18. The van der Waals surface area contributed by atoms with E-state index in [1.165, 1.54) is 11.3 Å². The third kappa shape index (κ3) is 2.72. The number of carbonyl (C=O) groups is 1. The van der Waals surface area contributed by atoms with Crippen molar-refractivity contribution in [1.82, 2.24) is 10.2 Å². The molecule has 5 heteroatoms. The third-order valence-corrected chi connectivity index (χ3v) is 5.32. The predicted octanol–water partition coefficient (Wildman–Crippen LogP) is 2.64. The van der Waals surface area contributed by atoms with E-state index >= 15 is 0 Å². The van der Waals surface area contributed by atoms with Crippen molar-refractivity contribution < 1.29 is 4.79 Å². The molecule has 1 aliphatic heterocycles. The van der Waals surface area contributed by atoms with Crippen molar-refractivity contribution in [3.8, 4) is 0 Å². The van der Waals surface area contributed by atoms with Crippen molar-refractivity contribution in [3.63, 3.8) is 0 Å². The molecule has 0 saturated carbocycles. The quantitative estimate of drug-likeness (QED) is 0.864. The predicted molar refractivity (Wildman–Crippen MR) is 74.7 cm³/mol. The minimum atomic E-state index is 0.00664. The van der Waals surface area contributed by atoms with Crippen molar-refractivity contribution in [2.75, 3.05) is 19.6 Å². The van der Waals surface area contributed by atoms with E-state index in [1.807, 2.05) is 17.2 Å². The largest absolute Gasteiger partial charge is 0.335 e. The Morgan fingerprint density at radius 2 is 2.29 bits per heavy atom. The molecular formula is C12H17BrN2OS. The van der Waals surface area contributed by atoms with Crippen LogP contribution in [0.15, 0.2) is 9.85 Å². The minimum absolute atomic E-state index is 0.00664. The van der Waals surface area contributed by atoms with Crippen molar-refractivity contribution in [2.45, 2.75) is 26.3 Å². The molecule has 1 saturated heterocycles. The fourth-order valence-electron chi connectivity index (χ4n) is 2.03. The maximum Gasteiger partial charge on any atom is 0.265 e. The monoisotopic (exact) mass is 316 g/mol. The second kappa shape index (κ2) is 4.71. The number of thiophene rings is 1. The summed E-state index contributed by atoms with van der Waals surface area (Å²) in [4.78, 5) is 15.2. The molecule has 0 unspecified atom stereocenters. The molecule has 0 spiro atoms. The van der Waals surface area contributed by atoms with E-state index in [1.54, 1.807) is 0 Å². The number of carbonyl (C=O) groups excluding carboxylic acids is 1. The van der Waals surface area contributed by atoms with Crippen LogP contribution in [0, 0.1) is 6.92 Å². The molecule has 94 valence electrons. The van der Waals surface area contributed by atoms with Gasteiger partial charge >= 0.3 is 0 Å². The lowest BCUT2D eigenvalue weighted by molar-refractivity contribution is 0.0656. The van der Waals surface area contributed by atoms with Crippen LogP contribution in [0.3, 0.4) is 0 Å². The number of hydrogen-bond acceptors (Lipinski definition) is 3.